The molecule has 0 radical (unpaired) electrons. The van der Waals surface area contributed by atoms with E-state index in [1.165, 1.54) is 37.2 Å². The molecule has 1 aliphatic heterocycles. The maximum absolute atomic E-state index is 6.47. The smallest absolute Gasteiger partial charge is 0.0500 e. The Bertz CT molecular complexity index is 424. The first-order valence-electron chi connectivity index (χ1n) is 8.44. The van der Waals surface area contributed by atoms with Gasteiger partial charge >= 0.3 is 0 Å². The van der Waals surface area contributed by atoms with Crippen LogP contribution in [0.5, 0.6) is 0 Å². The quantitative estimate of drug-likeness (QED) is 0.874. The van der Waals surface area contributed by atoms with Gasteiger partial charge in [-0.3, -0.25) is 4.90 Å². The van der Waals surface area contributed by atoms with Crippen molar-refractivity contribution in [3.05, 3.63) is 35.4 Å². The molecule has 1 aromatic carbocycles. The Morgan fingerprint density at radius 3 is 2.43 bits per heavy atom. The number of hydrogen-bond acceptors (Lipinski definition) is 3. The van der Waals surface area contributed by atoms with E-state index in [1.807, 2.05) is 0 Å². The fourth-order valence-corrected chi connectivity index (χ4v) is 3.39. The molecule has 3 heteroatoms. The van der Waals surface area contributed by atoms with Crippen molar-refractivity contribution in [2.45, 2.75) is 45.7 Å². The van der Waals surface area contributed by atoms with Gasteiger partial charge in [-0.15, -0.1) is 0 Å². The number of piperazine rings is 1. The van der Waals surface area contributed by atoms with E-state index in [2.05, 4.69) is 54.8 Å². The van der Waals surface area contributed by atoms with Gasteiger partial charge in [0.05, 0.1) is 0 Å². The molecule has 1 heterocycles. The molecule has 0 spiro atoms. The second kappa shape index (κ2) is 7.92. The van der Waals surface area contributed by atoms with Crippen LogP contribution in [0.1, 0.15) is 43.9 Å². The highest BCUT2D eigenvalue weighted by Crippen LogP contribution is 2.27. The molecule has 21 heavy (non-hydrogen) atoms. The molecule has 0 saturated carbocycles. The molecule has 2 atom stereocenters. The SMILES string of the molecule is CCCN1CCN(C(c2cccc(C)c2)C(N)CC)CC1. The van der Waals surface area contributed by atoms with Crippen LogP contribution in [0.3, 0.4) is 0 Å². The second-order valence-electron chi connectivity index (χ2n) is 6.31. The minimum absolute atomic E-state index is 0.213. The molecule has 0 amide bonds. The largest absolute Gasteiger partial charge is 0.326 e. The zero-order valence-corrected chi connectivity index (χ0v) is 13.9. The van der Waals surface area contributed by atoms with Crippen LogP contribution in [0.2, 0.25) is 0 Å². The van der Waals surface area contributed by atoms with Gasteiger partial charge in [-0.05, 0) is 31.9 Å². The molecule has 1 aliphatic rings. The molecule has 0 aromatic heterocycles. The zero-order chi connectivity index (χ0) is 15.2. The Morgan fingerprint density at radius 2 is 1.86 bits per heavy atom. The van der Waals surface area contributed by atoms with Crippen LogP contribution in [0, 0.1) is 6.92 Å². The number of hydrogen-bond donors (Lipinski definition) is 1. The summed E-state index contributed by atoms with van der Waals surface area (Å²) in [5.41, 5.74) is 9.18. The summed E-state index contributed by atoms with van der Waals surface area (Å²) >= 11 is 0. The van der Waals surface area contributed by atoms with Crippen LogP contribution in [-0.2, 0) is 0 Å². The molecule has 2 N–H and O–H groups in total. The molecule has 2 rings (SSSR count). The summed E-state index contributed by atoms with van der Waals surface area (Å²) in [6.45, 7) is 12.5. The highest BCUT2D eigenvalue weighted by molar-refractivity contribution is 5.26. The van der Waals surface area contributed by atoms with Crippen LogP contribution in [0.25, 0.3) is 0 Å². The first-order valence-corrected chi connectivity index (χ1v) is 8.44. The van der Waals surface area contributed by atoms with Crippen molar-refractivity contribution < 1.29 is 0 Å². The van der Waals surface area contributed by atoms with E-state index in [0.717, 1.165) is 19.5 Å². The summed E-state index contributed by atoms with van der Waals surface area (Å²) in [6, 6.07) is 9.44. The van der Waals surface area contributed by atoms with Crippen LogP contribution >= 0.6 is 0 Å². The van der Waals surface area contributed by atoms with Gasteiger partial charge in [0.1, 0.15) is 0 Å². The molecule has 2 unspecified atom stereocenters. The van der Waals surface area contributed by atoms with Gasteiger partial charge in [0.25, 0.3) is 0 Å². The van der Waals surface area contributed by atoms with Gasteiger partial charge < -0.3 is 10.6 Å². The zero-order valence-electron chi connectivity index (χ0n) is 13.9. The monoisotopic (exact) mass is 289 g/mol. The highest BCUT2D eigenvalue weighted by atomic mass is 15.3. The minimum Gasteiger partial charge on any atom is -0.326 e. The lowest BCUT2D eigenvalue weighted by molar-refractivity contribution is 0.0836. The van der Waals surface area contributed by atoms with E-state index < -0.39 is 0 Å². The first-order chi connectivity index (χ1) is 10.2. The summed E-state index contributed by atoms with van der Waals surface area (Å²) in [6.07, 6.45) is 2.27. The summed E-state index contributed by atoms with van der Waals surface area (Å²) in [5, 5.41) is 0. The van der Waals surface area contributed by atoms with E-state index >= 15 is 0 Å². The normalized spacial score (nSPS) is 20.4. The molecule has 1 saturated heterocycles. The van der Waals surface area contributed by atoms with Gasteiger partial charge in [-0.25, -0.2) is 0 Å². The average Bonchev–Trinajstić information content (AvgIpc) is 2.49. The van der Waals surface area contributed by atoms with E-state index in [1.54, 1.807) is 0 Å². The Balaban J connectivity index is 2.11. The van der Waals surface area contributed by atoms with Crippen molar-refractivity contribution in [2.75, 3.05) is 32.7 Å². The molecular formula is C18H31N3. The minimum atomic E-state index is 0.213. The van der Waals surface area contributed by atoms with Crippen LogP contribution in [0.15, 0.2) is 24.3 Å². The number of rotatable bonds is 6. The van der Waals surface area contributed by atoms with Crippen molar-refractivity contribution >= 4 is 0 Å². The highest BCUT2D eigenvalue weighted by Gasteiger charge is 2.28. The van der Waals surface area contributed by atoms with Crippen molar-refractivity contribution in [1.82, 2.24) is 9.80 Å². The third-order valence-corrected chi connectivity index (χ3v) is 4.60. The molecular weight excluding hydrogens is 258 g/mol. The van der Waals surface area contributed by atoms with E-state index in [-0.39, 0.29) is 6.04 Å². The number of nitrogens with two attached hydrogens (primary N) is 1. The lowest BCUT2D eigenvalue weighted by Gasteiger charge is -2.41. The van der Waals surface area contributed by atoms with E-state index in [4.69, 9.17) is 5.73 Å². The Labute approximate surface area is 130 Å². The summed E-state index contributed by atoms with van der Waals surface area (Å²) in [4.78, 5) is 5.16. The molecule has 0 aliphatic carbocycles. The summed E-state index contributed by atoms with van der Waals surface area (Å²) in [5.74, 6) is 0. The summed E-state index contributed by atoms with van der Waals surface area (Å²) < 4.78 is 0. The van der Waals surface area contributed by atoms with Gasteiger partial charge in [-0.2, -0.15) is 0 Å². The number of benzene rings is 1. The predicted molar refractivity (Wildman–Crippen MR) is 90.5 cm³/mol. The molecule has 118 valence electrons. The van der Waals surface area contributed by atoms with Crippen molar-refractivity contribution in [1.29, 1.82) is 0 Å². The number of aryl methyl sites for hydroxylation is 1. The Kier molecular flexibility index (Phi) is 6.22. The number of nitrogens with zero attached hydrogens (tertiary/aromatic N) is 2. The van der Waals surface area contributed by atoms with Gasteiger partial charge in [0, 0.05) is 38.3 Å². The molecule has 3 nitrogen and oxygen atoms in total. The van der Waals surface area contributed by atoms with Crippen LogP contribution in [0.4, 0.5) is 0 Å². The van der Waals surface area contributed by atoms with Gasteiger partial charge in [-0.1, -0.05) is 43.7 Å². The maximum Gasteiger partial charge on any atom is 0.0500 e. The maximum atomic E-state index is 6.47. The van der Waals surface area contributed by atoms with Gasteiger partial charge in [0.15, 0.2) is 0 Å². The van der Waals surface area contributed by atoms with Crippen molar-refractivity contribution in [3.8, 4) is 0 Å². The van der Waals surface area contributed by atoms with Crippen molar-refractivity contribution in [2.24, 2.45) is 5.73 Å². The van der Waals surface area contributed by atoms with Crippen LogP contribution < -0.4 is 5.73 Å². The Morgan fingerprint density at radius 1 is 1.14 bits per heavy atom. The summed E-state index contributed by atoms with van der Waals surface area (Å²) in [7, 11) is 0. The molecule has 1 fully saturated rings. The lowest BCUT2D eigenvalue weighted by atomic mass is 9.94. The lowest BCUT2D eigenvalue weighted by Crippen LogP contribution is -2.51. The third kappa shape index (κ3) is 4.29. The molecule has 0 bridgehead atoms. The standard InChI is InChI=1S/C18H31N3/c1-4-9-20-10-12-21(13-11-20)18(17(19)5-2)16-8-6-7-15(3)14-16/h6-8,14,17-18H,4-5,9-13,19H2,1-3H3. The second-order valence-corrected chi connectivity index (χ2v) is 6.31. The fourth-order valence-electron chi connectivity index (χ4n) is 3.39. The van der Waals surface area contributed by atoms with E-state index in [9.17, 15) is 0 Å². The van der Waals surface area contributed by atoms with Gasteiger partial charge in [0.2, 0.25) is 0 Å². The average molecular weight is 289 g/mol. The van der Waals surface area contributed by atoms with E-state index in [0.29, 0.717) is 6.04 Å². The fraction of sp³-hybridized carbons (Fsp3) is 0.667. The molecule has 1 aromatic rings. The topological polar surface area (TPSA) is 32.5 Å². The first kappa shape index (κ1) is 16.5. The van der Waals surface area contributed by atoms with Crippen LogP contribution in [-0.4, -0.2) is 48.6 Å². The Hall–Kier alpha value is -0.900. The third-order valence-electron chi connectivity index (χ3n) is 4.60. The predicted octanol–water partition coefficient (Wildman–Crippen LogP) is 2.80. The van der Waals surface area contributed by atoms with Crippen molar-refractivity contribution in [3.63, 3.8) is 0 Å².